The minimum absolute atomic E-state index is 0. The first-order valence-electron chi connectivity index (χ1n) is 38.7. The molecule has 0 radical (unpaired) electrons. The Bertz CT molecular complexity index is 3130. The molecule has 1 aromatic rings. The van der Waals surface area contributed by atoms with Crippen LogP contribution in [-0.2, 0) is 28.4 Å². The number of benzene rings is 1. The number of nitro benzene ring substituents is 1. The van der Waals surface area contributed by atoms with Crippen molar-refractivity contribution in [2.45, 2.75) is 325 Å². The normalized spacial score (nSPS) is 46.6. The summed E-state index contributed by atoms with van der Waals surface area (Å²) in [6, 6.07) is 6.20. The van der Waals surface area contributed by atoms with Crippen LogP contribution in [0.2, 0.25) is 0 Å². The number of nitrogens with one attached hydrogen (secondary N) is 2. The van der Waals surface area contributed by atoms with Gasteiger partial charge in [-0.15, -0.1) is 0 Å². The van der Waals surface area contributed by atoms with Crippen LogP contribution < -0.4 is 21.1 Å². The van der Waals surface area contributed by atoms with Crippen LogP contribution in [0.25, 0.3) is 0 Å². The molecule has 0 aromatic heterocycles. The van der Waals surface area contributed by atoms with Crippen molar-refractivity contribution in [2.75, 3.05) is 26.3 Å². The van der Waals surface area contributed by atoms with E-state index in [1.54, 1.807) is 13.8 Å². The molecule has 11 saturated carbocycles. The van der Waals surface area contributed by atoms with E-state index in [0.29, 0.717) is 54.8 Å². The number of hydrogen-bond acceptors (Lipinski definition) is 17. The summed E-state index contributed by atoms with van der Waals surface area (Å²) >= 11 is 0. The summed E-state index contributed by atoms with van der Waals surface area (Å²) in [4.78, 5) is 36.3. The van der Waals surface area contributed by atoms with Gasteiger partial charge in [0.25, 0.3) is 5.69 Å². The topological polar surface area (TPSA) is 273 Å². The number of aliphatic hydroxyl groups is 4. The lowest BCUT2D eigenvalue weighted by atomic mass is 9.41. The van der Waals surface area contributed by atoms with Gasteiger partial charge in [-0.1, -0.05) is 83.1 Å². The number of ether oxygens (including phenoxy) is 7. The van der Waals surface area contributed by atoms with Crippen LogP contribution in [0.3, 0.4) is 0 Å². The van der Waals surface area contributed by atoms with Gasteiger partial charge < -0.3 is 70.0 Å². The van der Waals surface area contributed by atoms with Crippen LogP contribution in [-0.4, -0.2) is 148 Å². The van der Waals surface area contributed by atoms with Crippen molar-refractivity contribution in [1.82, 2.24) is 10.6 Å². The molecule has 560 valence electrons. The highest BCUT2D eigenvalue weighted by Crippen LogP contribution is 2.91. The molecule has 26 atom stereocenters. The molecule has 0 bridgehead atoms. The third kappa shape index (κ3) is 11.3. The Kier molecular flexibility index (Phi) is 19.6. The molecule has 3 heterocycles. The van der Waals surface area contributed by atoms with Crippen LogP contribution in [0.15, 0.2) is 24.3 Å². The largest absolute Gasteiger partial charge is 0.514 e. The van der Waals surface area contributed by atoms with Gasteiger partial charge in [-0.25, -0.2) is 9.59 Å². The predicted octanol–water partition coefficient (Wildman–Crippen LogP) is 13.6. The molecule has 15 rings (SSSR count). The fourth-order valence-electron chi connectivity index (χ4n) is 27.4. The van der Waals surface area contributed by atoms with Crippen molar-refractivity contribution < 1.29 is 68.1 Å². The van der Waals surface area contributed by atoms with Crippen molar-refractivity contribution in [3.8, 4) is 5.75 Å². The van der Waals surface area contributed by atoms with Crippen molar-refractivity contribution in [3.63, 3.8) is 0 Å². The van der Waals surface area contributed by atoms with Crippen LogP contribution in [0.5, 0.6) is 5.75 Å². The first-order valence-corrected chi connectivity index (χ1v) is 38.7. The lowest BCUT2D eigenvalue weighted by Gasteiger charge is -2.63. The monoisotopic (exact) mass is 1390 g/mol. The number of nitrogens with two attached hydrogens (primary N) is 1. The maximum absolute atomic E-state index is 13.0. The summed E-state index contributed by atoms with van der Waals surface area (Å²) in [7, 11) is 0. The molecular formula is C80H130N4O15. The Morgan fingerprint density at radius 3 is 1.41 bits per heavy atom. The smallest absolute Gasteiger partial charge is 0.446 e. The highest BCUT2D eigenvalue weighted by Gasteiger charge is 2.87. The quantitative estimate of drug-likeness (QED) is 0.0418. The summed E-state index contributed by atoms with van der Waals surface area (Å²) in [6.07, 6.45) is 16.1. The summed E-state index contributed by atoms with van der Waals surface area (Å²) in [5.74, 6) is 3.18. The second-order valence-electron chi connectivity index (χ2n) is 38.0. The van der Waals surface area contributed by atoms with Gasteiger partial charge in [0.05, 0.1) is 58.8 Å². The molecule has 14 fully saturated rings. The van der Waals surface area contributed by atoms with E-state index in [1.807, 2.05) is 27.7 Å². The van der Waals surface area contributed by atoms with Crippen molar-refractivity contribution >= 4 is 17.9 Å². The Hall–Kier alpha value is -3.24. The fourth-order valence-corrected chi connectivity index (χ4v) is 27.4. The number of nitrogens with zero attached hydrogens (tertiary/aromatic N) is 1. The first-order chi connectivity index (χ1) is 45.8. The number of amides is 1. The standard InChI is InChI=1S/C39H57NO9.C36H60N2O6.C4H9N.CH4/c1-9-46-32(35(5,6)43)25-20-22(2)29-30(48-25)31(41)37(8)27-15-14-26-34(3,4)28(16-17-38(26)21-39(27,38)19-18-36(29,37)7)49-33(42)47-24-12-10-23(11-13-24)40(44)45;1-9-42-29(32(5,6)41)22-16-20(2)26-27(43-22)28(39)34(8)24-11-10-23-31(3,4)25(44-30(40)38-21-17-37-18-21)12-13-35(23)19-36(24,35)15-14-33(26,34)7;5-4-2-1-3-4;/h10-13,22,25-32,41,43H,9,14-21H2,1-8H3;20-29,37,39,41H,9-19H2,1-8H3,(H,38,40);4H,1-3,5H2;1H4/t22-,25-,26+,27+,28+,29+,30+,31+,32+,36-,37-,38-,39+;20-,22-,23+,24+,25+,26+,27+,28+,29+,33-,34-,35-,36+;;/m11../s1. The van der Waals surface area contributed by atoms with Crippen molar-refractivity contribution in [3.05, 3.63) is 34.4 Å². The summed E-state index contributed by atoms with van der Waals surface area (Å²) in [5.41, 5.74) is 3.12. The lowest BCUT2D eigenvalue weighted by molar-refractivity contribution is -0.384. The SMILES string of the molecule is C.CCO[C@@H]([C@H]1C[C@@H](C)[C@H]2[C@H](O1)[C@H](O)[C@@]1(C)[C@@H]3CC[C@H]4C(C)(C)[C@@H](OC(=O)NC5CNC5)CC[C@@]45C[C@@]35CC[C@]21C)C(C)(C)O.CCO[C@@H]([C@H]1C[C@@H](C)[C@H]2[C@H](O1)[C@H](O)[C@@]1(C)[C@@H]3CC[C@H]4C(C)(C)[C@@H](OC(=O)Oc5ccc([N+](=O)[O-])cc5)CC[C@@]45C[C@@]35CC[C@]21C)C(C)(C)O.NC1CCC1. The molecule has 3 aliphatic heterocycles. The molecule has 19 heteroatoms. The Balaban J connectivity index is 0.000000175. The maximum atomic E-state index is 13.0. The van der Waals surface area contributed by atoms with E-state index in [0.717, 1.165) is 103 Å². The van der Waals surface area contributed by atoms with Gasteiger partial charge in [0.2, 0.25) is 0 Å². The third-order valence-corrected chi connectivity index (χ3v) is 32.3. The summed E-state index contributed by atoms with van der Waals surface area (Å²) in [5, 5.41) is 64.4. The number of carbonyl (C=O) groups excluding carboxylic acids is 2. The van der Waals surface area contributed by atoms with Crippen LogP contribution in [0, 0.1) is 112 Å². The highest BCUT2D eigenvalue weighted by atomic mass is 16.7. The highest BCUT2D eigenvalue weighted by molar-refractivity contribution is 5.68. The minimum Gasteiger partial charge on any atom is -0.446 e. The third-order valence-electron chi connectivity index (χ3n) is 32.3. The molecule has 11 aliphatic carbocycles. The summed E-state index contributed by atoms with van der Waals surface area (Å²) < 4.78 is 43.7. The molecular weight excluding hydrogens is 1260 g/mol. The number of rotatable bonds is 13. The van der Waals surface area contributed by atoms with Gasteiger partial charge in [0.1, 0.15) is 30.2 Å². The van der Waals surface area contributed by atoms with Crippen molar-refractivity contribution in [1.29, 1.82) is 0 Å². The van der Waals surface area contributed by atoms with Gasteiger partial charge in [-0.05, 0) is 249 Å². The minimum atomic E-state index is -1.06. The number of fused-ring (bicyclic) bond motifs is 8. The number of hydrogen-bond donors (Lipinski definition) is 7. The van der Waals surface area contributed by atoms with Crippen LogP contribution in [0.4, 0.5) is 15.3 Å². The number of alkyl carbamates (subject to hydrolysis) is 1. The summed E-state index contributed by atoms with van der Waals surface area (Å²) in [6.45, 7) is 37.4. The van der Waals surface area contributed by atoms with E-state index >= 15 is 0 Å². The van der Waals surface area contributed by atoms with E-state index in [4.69, 9.17) is 38.9 Å². The van der Waals surface area contributed by atoms with Gasteiger partial charge in [-0.3, -0.25) is 10.1 Å². The molecule has 3 saturated heterocycles. The second kappa shape index (κ2) is 25.8. The van der Waals surface area contributed by atoms with Gasteiger partial charge >= 0.3 is 12.2 Å². The Morgan fingerprint density at radius 1 is 0.646 bits per heavy atom. The zero-order chi connectivity index (χ0) is 70.9. The van der Waals surface area contributed by atoms with E-state index < -0.39 is 46.7 Å². The Labute approximate surface area is 592 Å². The molecule has 1 aromatic carbocycles. The lowest BCUT2D eigenvalue weighted by Crippen LogP contribution is -2.60. The Morgan fingerprint density at radius 2 is 1.05 bits per heavy atom. The number of non-ortho nitro benzene ring substituents is 1. The van der Waals surface area contributed by atoms with Gasteiger partial charge in [0.15, 0.2) is 0 Å². The molecule has 19 nitrogen and oxygen atoms in total. The van der Waals surface area contributed by atoms with Gasteiger partial charge in [0, 0.05) is 66.1 Å². The zero-order valence-corrected chi connectivity index (χ0v) is 62.4. The molecule has 8 N–H and O–H groups in total. The molecule has 4 spiro atoms. The van der Waals surface area contributed by atoms with Crippen LogP contribution >= 0.6 is 0 Å². The van der Waals surface area contributed by atoms with Crippen LogP contribution in [0.1, 0.15) is 240 Å². The van der Waals surface area contributed by atoms with E-state index in [9.17, 15) is 40.1 Å². The first kappa shape index (κ1) is 75.4. The van der Waals surface area contributed by atoms with E-state index in [2.05, 4.69) is 79.9 Å². The average molecular weight is 1390 g/mol. The van der Waals surface area contributed by atoms with Gasteiger partial charge in [-0.2, -0.15) is 0 Å². The number of nitro groups is 1. The zero-order valence-electron chi connectivity index (χ0n) is 62.4. The van der Waals surface area contributed by atoms with E-state index in [-0.39, 0.29) is 134 Å². The van der Waals surface area contributed by atoms with Crippen molar-refractivity contribution in [2.24, 2.45) is 107 Å². The number of carbonyl (C=O) groups is 2. The van der Waals surface area contributed by atoms with E-state index in [1.165, 1.54) is 56.4 Å². The molecule has 1 amide bonds. The maximum Gasteiger partial charge on any atom is 0.514 e. The fraction of sp³-hybridized carbons (Fsp3) is 0.900. The molecule has 14 aliphatic rings. The number of aliphatic hydroxyl groups excluding tert-OH is 2. The molecule has 0 unspecified atom stereocenters. The average Bonchev–Trinajstić information content (AvgIpc) is 1.47. The predicted molar refractivity (Wildman–Crippen MR) is 378 cm³/mol. The second-order valence-corrected chi connectivity index (χ2v) is 38.0. The molecule has 99 heavy (non-hydrogen) atoms.